The van der Waals surface area contributed by atoms with Gasteiger partial charge in [0.1, 0.15) is 0 Å². The van der Waals surface area contributed by atoms with Gasteiger partial charge in [-0.1, -0.05) is 55.6 Å². The minimum atomic E-state index is -0.638. The number of carbonyl (C=O) groups is 2. The molecule has 0 amide bonds. The van der Waals surface area contributed by atoms with Gasteiger partial charge in [0.05, 0.1) is 20.6 Å². The molecule has 3 aromatic rings. The average molecular weight is 641 g/mol. The van der Waals surface area contributed by atoms with E-state index < -0.39 is 11.9 Å². The van der Waals surface area contributed by atoms with Crippen molar-refractivity contribution in [3.05, 3.63) is 101 Å². The Balaban J connectivity index is 1.71. The number of carbonyl (C=O) groups excluding carboxylic acids is 2. The van der Waals surface area contributed by atoms with Crippen LogP contribution in [0.2, 0.25) is 5.02 Å². The topological polar surface area (TPSA) is 65.0 Å². The van der Waals surface area contributed by atoms with Gasteiger partial charge >= 0.3 is 11.9 Å². The second-order valence-electron chi connectivity index (χ2n) is 6.52. The Hall–Kier alpha value is -2.26. The van der Waals surface area contributed by atoms with Crippen LogP contribution in [0.25, 0.3) is 6.08 Å². The number of hydrogen-bond donors (Lipinski definition) is 0. The molecule has 32 heavy (non-hydrogen) atoms. The molecule has 0 saturated carbocycles. The summed E-state index contributed by atoms with van der Waals surface area (Å²) in [5, 5.41) is 0.412. The lowest BCUT2D eigenvalue weighted by Gasteiger charge is -2.11. The van der Waals surface area contributed by atoms with Crippen LogP contribution in [0.4, 0.5) is 0 Å². The van der Waals surface area contributed by atoms with Crippen LogP contribution < -0.4 is 4.74 Å². The van der Waals surface area contributed by atoms with Crippen LogP contribution in [0.1, 0.15) is 21.5 Å². The molecule has 1 aliphatic heterocycles. The molecule has 0 atom stereocenters. The molecule has 9 heteroatoms. The molecular formula is C23H11Br3ClNO4. The second-order valence-corrected chi connectivity index (χ2v) is 9.61. The molecule has 0 radical (unpaired) electrons. The van der Waals surface area contributed by atoms with Gasteiger partial charge in [-0.15, -0.1) is 0 Å². The van der Waals surface area contributed by atoms with Gasteiger partial charge < -0.3 is 9.47 Å². The zero-order valence-corrected chi connectivity index (χ0v) is 21.5. The number of ether oxygens (including phenoxy) is 2. The van der Waals surface area contributed by atoms with E-state index in [1.807, 2.05) is 0 Å². The summed E-state index contributed by atoms with van der Waals surface area (Å²) in [4.78, 5) is 29.4. The molecule has 0 bridgehead atoms. The highest BCUT2D eigenvalue weighted by Crippen LogP contribution is 2.36. The smallest absolute Gasteiger partial charge is 0.363 e. The minimum Gasteiger partial charge on any atom is -0.421 e. The maximum absolute atomic E-state index is 12.7. The molecule has 5 nitrogen and oxygen atoms in total. The Bertz CT molecular complexity index is 1300. The van der Waals surface area contributed by atoms with Gasteiger partial charge in [0, 0.05) is 14.5 Å². The first-order valence-corrected chi connectivity index (χ1v) is 11.8. The van der Waals surface area contributed by atoms with Crippen molar-refractivity contribution in [1.82, 2.24) is 0 Å². The maximum Gasteiger partial charge on any atom is 0.363 e. The molecule has 1 heterocycles. The molecule has 0 saturated heterocycles. The van der Waals surface area contributed by atoms with Crippen molar-refractivity contribution >= 4 is 83.3 Å². The van der Waals surface area contributed by atoms with Crippen molar-refractivity contribution in [2.75, 3.05) is 0 Å². The molecule has 160 valence electrons. The third-order valence-electron chi connectivity index (χ3n) is 4.33. The van der Waals surface area contributed by atoms with E-state index in [9.17, 15) is 9.59 Å². The fraction of sp³-hybridized carbons (Fsp3) is 0. The van der Waals surface area contributed by atoms with E-state index in [0.717, 1.165) is 4.47 Å². The number of nitrogens with zero attached hydrogens (tertiary/aromatic N) is 1. The molecule has 1 aliphatic rings. The van der Waals surface area contributed by atoms with E-state index in [2.05, 4.69) is 52.8 Å². The van der Waals surface area contributed by atoms with Crippen LogP contribution in [0.5, 0.6) is 5.75 Å². The van der Waals surface area contributed by atoms with E-state index >= 15 is 0 Å². The number of aliphatic imine (C=N–C) groups is 1. The fourth-order valence-electron chi connectivity index (χ4n) is 2.84. The maximum atomic E-state index is 12.7. The molecule has 0 N–H and O–H groups in total. The largest absolute Gasteiger partial charge is 0.421 e. The Kier molecular flexibility index (Phi) is 6.95. The van der Waals surface area contributed by atoms with Gasteiger partial charge in [-0.25, -0.2) is 14.6 Å². The summed E-state index contributed by atoms with van der Waals surface area (Å²) in [7, 11) is 0. The summed E-state index contributed by atoms with van der Waals surface area (Å²) < 4.78 is 13.0. The fourth-order valence-corrected chi connectivity index (χ4v) is 4.66. The number of esters is 2. The van der Waals surface area contributed by atoms with Crippen molar-refractivity contribution in [3.8, 4) is 5.75 Å². The first kappa shape index (κ1) is 22.9. The van der Waals surface area contributed by atoms with Gasteiger partial charge in [0.2, 0.25) is 5.90 Å². The van der Waals surface area contributed by atoms with Crippen LogP contribution in [0, 0.1) is 0 Å². The third-order valence-corrected chi connectivity index (χ3v) is 6.23. The van der Waals surface area contributed by atoms with E-state index in [4.69, 9.17) is 21.1 Å². The lowest BCUT2D eigenvalue weighted by molar-refractivity contribution is -0.129. The summed E-state index contributed by atoms with van der Waals surface area (Å²) in [6.07, 6.45) is 1.49. The van der Waals surface area contributed by atoms with Crippen LogP contribution in [0.15, 0.2) is 84.8 Å². The summed E-state index contributed by atoms with van der Waals surface area (Å²) in [6.45, 7) is 0. The van der Waals surface area contributed by atoms with E-state index in [-0.39, 0.29) is 17.3 Å². The standard InChI is InChI=1S/C23H11Br3ClNO4/c24-14-7-5-12(6-8-14)22(29)31-20-13(9-15(25)11-17(20)26)10-19-23(30)32-21(28-19)16-3-1-2-4-18(16)27/h1-11H/b19-10-. The van der Waals surface area contributed by atoms with E-state index in [1.54, 1.807) is 60.7 Å². The molecular weight excluding hydrogens is 629 g/mol. The number of rotatable bonds is 4. The van der Waals surface area contributed by atoms with Crippen LogP contribution >= 0.6 is 59.4 Å². The lowest BCUT2D eigenvalue weighted by atomic mass is 10.1. The predicted octanol–water partition coefficient (Wildman–Crippen LogP) is 7.19. The van der Waals surface area contributed by atoms with E-state index in [1.165, 1.54) is 6.08 Å². The molecule has 3 aromatic carbocycles. The summed E-state index contributed by atoms with van der Waals surface area (Å²) in [5.41, 5.74) is 1.38. The number of halogens is 4. The molecule has 0 unspecified atom stereocenters. The summed E-state index contributed by atoms with van der Waals surface area (Å²) in [6, 6.07) is 17.1. The molecule has 0 fully saturated rings. The van der Waals surface area contributed by atoms with Gasteiger partial charge in [-0.2, -0.15) is 0 Å². The van der Waals surface area contributed by atoms with Crippen LogP contribution in [-0.4, -0.2) is 17.8 Å². The van der Waals surface area contributed by atoms with Crippen molar-refractivity contribution in [1.29, 1.82) is 0 Å². The van der Waals surface area contributed by atoms with E-state index in [0.29, 0.717) is 30.7 Å². The number of benzene rings is 3. The van der Waals surface area contributed by atoms with Crippen molar-refractivity contribution in [3.63, 3.8) is 0 Å². The number of cyclic esters (lactones) is 1. The summed E-state index contributed by atoms with van der Waals surface area (Å²) >= 11 is 16.4. The van der Waals surface area contributed by atoms with Crippen molar-refractivity contribution < 1.29 is 19.1 Å². The van der Waals surface area contributed by atoms with Gasteiger partial charge in [-0.05, 0) is 70.5 Å². The lowest BCUT2D eigenvalue weighted by Crippen LogP contribution is -2.10. The highest BCUT2D eigenvalue weighted by atomic mass is 79.9. The average Bonchev–Trinajstić information content (AvgIpc) is 3.11. The SMILES string of the molecule is O=C1OC(c2ccccc2Cl)=N/C1=C\c1cc(Br)cc(Br)c1OC(=O)c1ccc(Br)cc1. The Morgan fingerprint density at radius 2 is 1.72 bits per heavy atom. The molecule has 0 spiro atoms. The quantitative estimate of drug-likeness (QED) is 0.172. The predicted molar refractivity (Wildman–Crippen MR) is 133 cm³/mol. The Morgan fingerprint density at radius 3 is 2.44 bits per heavy atom. The minimum absolute atomic E-state index is 0.0471. The Labute approximate surface area is 213 Å². The third kappa shape index (κ3) is 5.04. The zero-order valence-electron chi connectivity index (χ0n) is 15.9. The van der Waals surface area contributed by atoms with Gasteiger partial charge in [-0.3, -0.25) is 0 Å². The van der Waals surface area contributed by atoms with Crippen molar-refractivity contribution in [2.45, 2.75) is 0 Å². The van der Waals surface area contributed by atoms with Crippen molar-refractivity contribution in [2.24, 2.45) is 4.99 Å². The Morgan fingerprint density at radius 1 is 1.00 bits per heavy atom. The highest BCUT2D eigenvalue weighted by molar-refractivity contribution is 9.11. The molecule has 0 aliphatic carbocycles. The van der Waals surface area contributed by atoms with Crippen LogP contribution in [-0.2, 0) is 9.53 Å². The first-order chi connectivity index (χ1) is 15.3. The molecule has 0 aromatic heterocycles. The normalized spacial score (nSPS) is 14.3. The van der Waals surface area contributed by atoms with Gasteiger partial charge in [0.25, 0.3) is 0 Å². The molecule has 4 rings (SSSR count). The first-order valence-electron chi connectivity index (χ1n) is 9.06. The second kappa shape index (κ2) is 9.70. The highest BCUT2D eigenvalue weighted by Gasteiger charge is 2.26. The monoisotopic (exact) mass is 637 g/mol. The summed E-state index contributed by atoms with van der Waals surface area (Å²) in [5.74, 6) is -0.840. The zero-order chi connectivity index (χ0) is 22.8. The number of hydrogen-bond acceptors (Lipinski definition) is 5. The van der Waals surface area contributed by atoms with Crippen LogP contribution in [0.3, 0.4) is 0 Å². The van der Waals surface area contributed by atoms with Gasteiger partial charge in [0.15, 0.2) is 11.4 Å².